The van der Waals surface area contributed by atoms with Crippen LogP contribution < -0.4 is 19.6 Å². The van der Waals surface area contributed by atoms with Crippen molar-refractivity contribution in [2.24, 2.45) is 4.99 Å². The molecule has 0 spiro atoms. The van der Waals surface area contributed by atoms with Gasteiger partial charge in [0.2, 0.25) is 0 Å². The molecule has 0 amide bonds. The Morgan fingerprint density at radius 3 is 2.75 bits per heavy atom. The monoisotopic (exact) mass is 468 g/mol. The predicted molar refractivity (Wildman–Crippen MR) is 125 cm³/mol. The first-order chi connectivity index (χ1) is 15.4. The van der Waals surface area contributed by atoms with Gasteiger partial charge in [0.1, 0.15) is 5.75 Å². The first-order valence-electron chi connectivity index (χ1n) is 10.0. The van der Waals surface area contributed by atoms with Crippen LogP contribution in [0.1, 0.15) is 31.0 Å². The molecule has 32 heavy (non-hydrogen) atoms. The lowest BCUT2D eigenvalue weighted by molar-refractivity contribution is -0.139. The van der Waals surface area contributed by atoms with E-state index in [-0.39, 0.29) is 12.2 Å². The van der Waals surface area contributed by atoms with Crippen molar-refractivity contribution in [3.63, 3.8) is 0 Å². The minimum Gasteiger partial charge on any atom is -0.497 e. The van der Waals surface area contributed by atoms with Gasteiger partial charge in [-0.1, -0.05) is 53.3 Å². The summed E-state index contributed by atoms with van der Waals surface area (Å²) in [6.45, 7) is 3.72. The number of carbonyl (C=O) groups excluding carboxylic acids is 1. The molecular weight excluding hydrogens is 448 g/mol. The number of aromatic nitrogens is 1. The number of ether oxygens (including phenoxy) is 2. The van der Waals surface area contributed by atoms with Crippen LogP contribution in [-0.4, -0.2) is 24.3 Å². The molecule has 0 bridgehead atoms. The van der Waals surface area contributed by atoms with Gasteiger partial charge < -0.3 is 9.47 Å². The number of thiazole rings is 1. The number of carbonyl (C=O) groups is 1. The van der Waals surface area contributed by atoms with Crippen molar-refractivity contribution < 1.29 is 14.3 Å². The molecule has 0 fully saturated rings. The van der Waals surface area contributed by atoms with Gasteiger partial charge in [0, 0.05) is 5.02 Å². The summed E-state index contributed by atoms with van der Waals surface area (Å²) in [4.78, 5) is 31.5. The van der Waals surface area contributed by atoms with Crippen molar-refractivity contribution in [1.82, 2.24) is 4.57 Å². The molecule has 0 saturated carbocycles. The number of nitrogens with zero attached hydrogens (tertiary/aromatic N) is 2. The zero-order valence-corrected chi connectivity index (χ0v) is 19.4. The van der Waals surface area contributed by atoms with Gasteiger partial charge in [-0.3, -0.25) is 9.36 Å². The molecule has 1 aromatic heterocycles. The van der Waals surface area contributed by atoms with Crippen LogP contribution in [0.2, 0.25) is 5.02 Å². The van der Waals surface area contributed by atoms with Crippen LogP contribution in [0.4, 0.5) is 0 Å². The zero-order chi connectivity index (χ0) is 22.8. The largest absolute Gasteiger partial charge is 0.497 e. The van der Waals surface area contributed by atoms with Gasteiger partial charge in [-0.25, -0.2) is 9.79 Å². The third-order valence-electron chi connectivity index (χ3n) is 5.12. The Labute approximate surface area is 193 Å². The van der Waals surface area contributed by atoms with Crippen LogP contribution in [0.5, 0.6) is 5.75 Å². The summed E-state index contributed by atoms with van der Waals surface area (Å²) < 4.78 is 12.7. The molecule has 1 aliphatic heterocycles. The van der Waals surface area contributed by atoms with Gasteiger partial charge in [0.05, 0.1) is 35.6 Å². The number of hydrogen-bond acceptors (Lipinski definition) is 6. The van der Waals surface area contributed by atoms with Crippen LogP contribution in [0.25, 0.3) is 6.08 Å². The predicted octanol–water partition coefficient (Wildman–Crippen LogP) is 3.46. The van der Waals surface area contributed by atoms with Crippen molar-refractivity contribution in [3.05, 3.63) is 95.6 Å². The van der Waals surface area contributed by atoms with E-state index in [1.165, 1.54) is 11.3 Å². The molecule has 0 aliphatic carbocycles. The van der Waals surface area contributed by atoms with E-state index in [1.807, 2.05) is 42.5 Å². The number of fused-ring (bicyclic) bond motifs is 1. The zero-order valence-electron chi connectivity index (χ0n) is 17.8. The summed E-state index contributed by atoms with van der Waals surface area (Å²) in [6.07, 6.45) is 1.75. The van der Waals surface area contributed by atoms with Crippen molar-refractivity contribution in [3.8, 4) is 5.75 Å². The number of allylic oxidation sites excluding steroid dienone is 1. The summed E-state index contributed by atoms with van der Waals surface area (Å²) in [5.74, 6) is 0.125. The van der Waals surface area contributed by atoms with Crippen LogP contribution in [0.15, 0.2) is 69.6 Å². The minimum atomic E-state index is -0.686. The Hall–Kier alpha value is -3.16. The average Bonchev–Trinajstić information content (AvgIpc) is 3.09. The van der Waals surface area contributed by atoms with Crippen LogP contribution in [0.3, 0.4) is 0 Å². The van der Waals surface area contributed by atoms with E-state index in [1.54, 1.807) is 37.7 Å². The SMILES string of the molecule is CCOC(=O)C1=C(C)N=c2s/c(=C\c3ccccc3Cl)c(=O)n2[C@H]1c1cccc(OC)c1. The first kappa shape index (κ1) is 22.0. The normalized spacial score (nSPS) is 15.9. The molecule has 0 N–H and O–H groups in total. The van der Waals surface area contributed by atoms with Crippen molar-refractivity contribution in [2.45, 2.75) is 19.9 Å². The number of esters is 1. The Balaban J connectivity index is 1.98. The van der Waals surface area contributed by atoms with Gasteiger partial charge in [-0.2, -0.15) is 0 Å². The van der Waals surface area contributed by atoms with Crippen LogP contribution >= 0.6 is 22.9 Å². The van der Waals surface area contributed by atoms with Gasteiger partial charge in [0.15, 0.2) is 4.80 Å². The molecule has 0 radical (unpaired) electrons. The molecule has 0 unspecified atom stereocenters. The molecule has 0 saturated heterocycles. The fraction of sp³-hybridized carbons (Fsp3) is 0.208. The summed E-state index contributed by atoms with van der Waals surface area (Å²) in [5.41, 5.74) is 2.06. The molecule has 4 rings (SSSR count). The summed E-state index contributed by atoms with van der Waals surface area (Å²) in [7, 11) is 1.57. The Morgan fingerprint density at radius 1 is 1.25 bits per heavy atom. The average molecular weight is 469 g/mol. The van der Waals surface area contributed by atoms with Gasteiger partial charge in [0.25, 0.3) is 5.56 Å². The summed E-state index contributed by atoms with van der Waals surface area (Å²) in [6, 6.07) is 13.9. The molecule has 3 aromatic rings. The van der Waals surface area contributed by atoms with E-state index in [9.17, 15) is 9.59 Å². The highest BCUT2D eigenvalue weighted by Gasteiger charge is 2.33. The maximum atomic E-state index is 13.5. The maximum absolute atomic E-state index is 13.5. The molecule has 8 heteroatoms. The fourth-order valence-corrected chi connectivity index (χ4v) is 4.88. The molecule has 1 aliphatic rings. The number of methoxy groups -OCH3 is 1. The van der Waals surface area contributed by atoms with Crippen molar-refractivity contribution >= 4 is 35.0 Å². The van der Waals surface area contributed by atoms with Gasteiger partial charge in [-0.15, -0.1) is 0 Å². The standard InChI is InChI=1S/C24H21ClN2O4S/c1-4-31-23(29)20-14(2)26-24-27(21(20)16-9-7-10-17(12-16)30-3)22(28)19(32-24)13-15-8-5-6-11-18(15)25/h5-13,21H,4H2,1-3H3/b19-13-/t21-/m0/s1. The third kappa shape index (κ3) is 4.01. The molecule has 2 aromatic carbocycles. The van der Waals surface area contributed by atoms with E-state index < -0.39 is 12.0 Å². The molecule has 1 atom stereocenters. The second kappa shape index (κ2) is 9.14. The quantitative estimate of drug-likeness (QED) is 0.538. The summed E-state index contributed by atoms with van der Waals surface area (Å²) >= 11 is 7.55. The highest BCUT2D eigenvalue weighted by molar-refractivity contribution is 7.07. The van der Waals surface area contributed by atoms with Crippen LogP contribution in [0, 0.1) is 0 Å². The van der Waals surface area contributed by atoms with Crippen molar-refractivity contribution in [1.29, 1.82) is 0 Å². The Kier molecular flexibility index (Phi) is 6.30. The van der Waals surface area contributed by atoms with E-state index in [2.05, 4.69) is 4.99 Å². The molecule has 164 valence electrons. The molecule has 2 heterocycles. The fourth-order valence-electron chi connectivity index (χ4n) is 3.65. The van der Waals surface area contributed by atoms with E-state index in [0.29, 0.717) is 31.4 Å². The lowest BCUT2D eigenvalue weighted by Crippen LogP contribution is -2.39. The minimum absolute atomic E-state index is 0.220. The lowest BCUT2D eigenvalue weighted by atomic mass is 9.95. The molecular formula is C24H21ClN2O4S. The topological polar surface area (TPSA) is 69.9 Å². The smallest absolute Gasteiger partial charge is 0.338 e. The van der Waals surface area contributed by atoms with E-state index >= 15 is 0 Å². The number of rotatable bonds is 5. The third-order valence-corrected chi connectivity index (χ3v) is 6.45. The number of halogens is 1. The van der Waals surface area contributed by atoms with Gasteiger partial charge in [-0.05, 0) is 49.2 Å². The lowest BCUT2D eigenvalue weighted by Gasteiger charge is -2.25. The van der Waals surface area contributed by atoms with E-state index in [4.69, 9.17) is 21.1 Å². The highest BCUT2D eigenvalue weighted by Crippen LogP contribution is 2.32. The molecule has 6 nitrogen and oxygen atoms in total. The van der Waals surface area contributed by atoms with Crippen LogP contribution in [-0.2, 0) is 9.53 Å². The maximum Gasteiger partial charge on any atom is 0.338 e. The highest BCUT2D eigenvalue weighted by atomic mass is 35.5. The summed E-state index contributed by atoms with van der Waals surface area (Å²) in [5, 5.41) is 0.547. The Morgan fingerprint density at radius 2 is 2.03 bits per heavy atom. The second-order valence-electron chi connectivity index (χ2n) is 7.10. The number of benzene rings is 2. The second-order valence-corrected chi connectivity index (χ2v) is 8.52. The van der Waals surface area contributed by atoms with E-state index in [0.717, 1.165) is 11.1 Å². The Bertz CT molecular complexity index is 1400. The van der Waals surface area contributed by atoms with Gasteiger partial charge >= 0.3 is 5.97 Å². The van der Waals surface area contributed by atoms with Crippen molar-refractivity contribution in [2.75, 3.05) is 13.7 Å². The first-order valence-corrected chi connectivity index (χ1v) is 11.2. The number of hydrogen-bond donors (Lipinski definition) is 0.